The molecule has 68 valence electrons. The second-order valence-electron chi connectivity index (χ2n) is 3.37. The van der Waals surface area contributed by atoms with Gasteiger partial charge in [-0.15, -0.1) is 0 Å². The molecule has 0 aromatic heterocycles. The van der Waals surface area contributed by atoms with Crippen LogP contribution in [0.25, 0.3) is 0 Å². The van der Waals surface area contributed by atoms with E-state index in [9.17, 15) is 9.90 Å². The fourth-order valence-electron chi connectivity index (χ4n) is 1.57. The molecule has 1 aliphatic rings. The fraction of sp³-hybridized carbons (Fsp3) is 0.667. The summed E-state index contributed by atoms with van der Waals surface area (Å²) in [6.45, 7) is 6.34. The average Bonchev–Trinajstić information content (AvgIpc) is 1.99. The van der Waals surface area contributed by atoms with E-state index in [1.54, 1.807) is 4.90 Å². The third-order valence-corrected chi connectivity index (χ3v) is 2.17. The molecule has 0 aromatic carbocycles. The Morgan fingerprint density at radius 2 is 2.33 bits per heavy atom. The molecule has 0 unspecified atom stereocenters. The number of likely N-dealkylation sites (tertiary alicyclic amines) is 1. The maximum absolute atomic E-state index is 11.0. The molecule has 0 aromatic rings. The van der Waals surface area contributed by atoms with Gasteiger partial charge in [0.05, 0.1) is 18.7 Å². The normalized spacial score (nSPS) is 20.0. The molecule has 1 saturated heterocycles. The van der Waals surface area contributed by atoms with E-state index in [1.165, 1.54) is 6.08 Å². The minimum Gasteiger partial charge on any atom is -0.386 e. The predicted molar refractivity (Wildman–Crippen MR) is 46.6 cm³/mol. The highest BCUT2D eigenvalue weighted by atomic mass is 16.3. The van der Waals surface area contributed by atoms with Crippen LogP contribution in [-0.2, 0) is 4.79 Å². The van der Waals surface area contributed by atoms with Gasteiger partial charge < -0.3 is 10.0 Å². The van der Waals surface area contributed by atoms with Crippen LogP contribution in [0.5, 0.6) is 0 Å². The zero-order valence-corrected chi connectivity index (χ0v) is 7.42. The molecule has 1 fully saturated rings. The van der Waals surface area contributed by atoms with Crippen LogP contribution in [0.2, 0.25) is 0 Å². The molecule has 0 aliphatic carbocycles. The Balaban J connectivity index is 2.36. The van der Waals surface area contributed by atoms with Crippen LogP contribution in [0.4, 0.5) is 0 Å². The minimum absolute atomic E-state index is 0.0872. The van der Waals surface area contributed by atoms with Crippen LogP contribution < -0.4 is 0 Å². The van der Waals surface area contributed by atoms with Gasteiger partial charge in [-0.2, -0.15) is 0 Å². The molecule has 1 heterocycles. The average molecular weight is 169 g/mol. The molecule has 3 heteroatoms. The van der Waals surface area contributed by atoms with E-state index >= 15 is 0 Å². The Labute approximate surface area is 72.7 Å². The van der Waals surface area contributed by atoms with Gasteiger partial charge in [-0.25, -0.2) is 0 Å². The van der Waals surface area contributed by atoms with Crippen LogP contribution in [0, 0.1) is 0 Å². The van der Waals surface area contributed by atoms with Gasteiger partial charge in [0.1, 0.15) is 0 Å². The summed E-state index contributed by atoms with van der Waals surface area (Å²) in [5.74, 6) is -0.0872. The van der Waals surface area contributed by atoms with Crippen molar-refractivity contribution in [2.24, 2.45) is 0 Å². The molecule has 1 aliphatic heterocycles. The number of hydrogen-bond acceptors (Lipinski definition) is 2. The first-order chi connectivity index (χ1) is 5.61. The highest BCUT2D eigenvalue weighted by Crippen LogP contribution is 2.25. The number of rotatable bonds is 3. The third kappa shape index (κ3) is 1.67. The molecule has 1 amide bonds. The summed E-state index contributed by atoms with van der Waals surface area (Å²) in [4.78, 5) is 12.6. The highest BCUT2D eigenvalue weighted by Gasteiger charge is 2.41. The number of amides is 1. The highest BCUT2D eigenvalue weighted by molar-refractivity contribution is 5.87. The lowest BCUT2D eigenvalue weighted by molar-refractivity contribution is -0.151. The number of β-amino-alcohol motifs (C(OH)–C–C–N with tert-alkyl or cyclic N) is 1. The summed E-state index contributed by atoms with van der Waals surface area (Å²) >= 11 is 0. The topological polar surface area (TPSA) is 40.5 Å². The Morgan fingerprint density at radius 1 is 1.75 bits per heavy atom. The van der Waals surface area contributed by atoms with Crippen molar-refractivity contribution in [3.05, 3.63) is 12.7 Å². The van der Waals surface area contributed by atoms with Gasteiger partial charge in [-0.05, 0) is 12.5 Å². The summed E-state index contributed by atoms with van der Waals surface area (Å²) in [7, 11) is 0. The maximum Gasteiger partial charge on any atom is 0.246 e. The molecule has 3 nitrogen and oxygen atoms in total. The Bertz CT molecular complexity index is 195. The monoisotopic (exact) mass is 169 g/mol. The first-order valence-electron chi connectivity index (χ1n) is 4.25. The molecule has 0 radical (unpaired) electrons. The van der Waals surface area contributed by atoms with Crippen molar-refractivity contribution in [2.45, 2.75) is 25.4 Å². The molecule has 0 spiro atoms. The molecular formula is C9H15NO2. The standard InChI is InChI=1S/C9H15NO2/c1-3-5-9(12)6-10(7-9)8(11)4-2/h4,12H,2-3,5-7H2,1H3. The second kappa shape index (κ2) is 3.27. The zero-order valence-electron chi connectivity index (χ0n) is 7.42. The number of carbonyl (C=O) groups is 1. The Morgan fingerprint density at radius 3 is 2.75 bits per heavy atom. The zero-order chi connectivity index (χ0) is 9.19. The summed E-state index contributed by atoms with van der Waals surface area (Å²) in [6.07, 6.45) is 3.01. The van der Waals surface area contributed by atoms with Crippen LogP contribution in [0.1, 0.15) is 19.8 Å². The predicted octanol–water partition coefficient (Wildman–Crippen LogP) is 0.546. The lowest BCUT2D eigenvalue weighted by atomic mass is 9.89. The summed E-state index contributed by atoms with van der Waals surface area (Å²) in [6, 6.07) is 0. The molecule has 0 bridgehead atoms. The van der Waals surface area contributed by atoms with Crippen molar-refractivity contribution < 1.29 is 9.90 Å². The van der Waals surface area contributed by atoms with Crippen molar-refractivity contribution >= 4 is 5.91 Å². The lowest BCUT2D eigenvalue weighted by Gasteiger charge is -2.46. The van der Waals surface area contributed by atoms with Gasteiger partial charge in [-0.1, -0.05) is 19.9 Å². The summed E-state index contributed by atoms with van der Waals surface area (Å²) < 4.78 is 0. The molecule has 1 rings (SSSR count). The van der Waals surface area contributed by atoms with E-state index < -0.39 is 5.60 Å². The molecule has 0 saturated carbocycles. The summed E-state index contributed by atoms with van der Waals surface area (Å²) in [5.41, 5.74) is -0.618. The number of aliphatic hydroxyl groups is 1. The molecular weight excluding hydrogens is 154 g/mol. The number of hydrogen-bond donors (Lipinski definition) is 1. The quantitative estimate of drug-likeness (QED) is 0.627. The van der Waals surface area contributed by atoms with Gasteiger partial charge in [0.15, 0.2) is 0 Å². The van der Waals surface area contributed by atoms with Crippen molar-refractivity contribution in [1.29, 1.82) is 0 Å². The van der Waals surface area contributed by atoms with E-state index in [4.69, 9.17) is 0 Å². The van der Waals surface area contributed by atoms with Crippen molar-refractivity contribution in [2.75, 3.05) is 13.1 Å². The van der Waals surface area contributed by atoms with Gasteiger partial charge in [0, 0.05) is 0 Å². The Hall–Kier alpha value is -0.830. The van der Waals surface area contributed by atoms with E-state index in [-0.39, 0.29) is 5.91 Å². The third-order valence-electron chi connectivity index (χ3n) is 2.17. The lowest BCUT2D eigenvalue weighted by Crippen LogP contribution is -2.63. The van der Waals surface area contributed by atoms with E-state index in [2.05, 4.69) is 6.58 Å². The first-order valence-corrected chi connectivity index (χ1v) is 4.25. The number of nitrogens with zero attached hydrogens (tertiary/aromatic N) is 1. The van der Waals surface area contributed by atoms with Gasteiger partial charge >= 0.3 is 0 Å². The van der Waals surface area contributed by atoms with E-state index in [1.807, 2.05) is 6.92 Å². The number of carbonyl (C=O) groups excluding carboxylic acids is 1. The first kappa shape index (κ1) is 9.26. The largest absolute Gasteiger partial charge is 0.386 e. The maximum atomic E-state index is 11.0. The smallest absolute Gasteiger partial charge is 0.246 e. The SMILES string of the molecule is C=CC(=O)N1CC(O)(CCC)C1. The molecule has 0 atom stereocenters. The van der Waals surface area contributed by atoms with Gasteiger partial charge in [0.2, 0.25) is 5.91 Å². The fourth-order valence-corrected chi connectivity index (χ4v) is 1.57. The van der Waals surface area contributed by atoms with Gasteiger partial charge in [0.25, 0.3) is 0 Å². The van der Waals surface area contributed by atoms with E-state index in [0.29, 0.717) is 13.1 Å². The minimum atomic E-state index is -0.618. The van der Waals surface area contributed by atoms with Crippen LogP contribution in [0.15, 0.2) is 12.7 Å². The molecule has 1 N–H and O–H groups in total. The van der Waals surface area contributed by atoms with Crippen molar-refractivity contribution in [1.82, 2.24) is 4.90 Å². The van der Waals surface area contributed by atoms with E-state index in [0.717, 1.165) is 12.8 Å². The van der Waals surface area contributed by atoms with Crippen LogP contribution >= 0.6 is 0 Å². The van der Waals surface area contributed by atoms with Crippen LogP contribution in [0.3, 0.4) is 0 Å². The van der Waals surface area contributed by atoms with Crippen molar-refractivity contribution in [3.8, 4) is 0 Å². The molecule has 12 heavy (non-hydrogen) atoms. The van der Waals surface area contributed by atoms with Gasteiger partial charge in [-0.3, -0.25) is 4.79 Å². The van der Waals surface area contributed by atoms with Crippen LogP contribution in [-0.4, -0.2) is 34.6 Å². The Kier molecular flexibility index (Phi) is 2.52. The second-order valence-corrected chi connectivity index (χ2v) is 3.37. The summed E-state index contributed by atoms with van der Waals surface area (Å²) in [5, 5.41) is 9.70. The van der Waals surface area contributed by atoms with Crippen molar-refractivity contribution in [3.63, 3.8) is 0 Å².